The van der Waals surface area contributed by atoms with Crippen molar-refractivity contribution in [3.63, 3.8) is 0 Å². The van der Waals surface area contributed by atoms with Gasteiger partial charge in [0.1, 0.15) is 6.33 Å². The Morgan fingerprint density at radius 2 is 1.75 bits per heavy atom. The molecule has 2 atom stereocenters. The standard InChI is InChI=1S/C24H24N6OS/c31-24(26-23(18-8-3-1-4-9-18)19-10-5-2-6-11-19)22-14-20(30-17-25-27-28-30)15-29(22)16-21-12-7-13-32-21/h1-13,17,20,22-23H,14-16H2,(H,26,31)/t20-,22+/m1/s1. The number of amides is 1. The van der Waals surface area contributed by atoms with Gasteiger partial charge < -0.3 is 5.32 Å². The van der Waals surface area contributed by atoms with Crippen LogP contribution >= 0.6 is 11.3 Å². The van der Waals surface area contributed by atoms with E-state index in [2.05, 4.69) is 61.5 Å². The molecule has 0 bridgehead atoms. The molecule has 0 spiro atoms. The third kappa shape index (κ3) is 4.46. The lowest BCUT2D eigenvalue weighted by Crippen LogP contribution is -2.44. The number of nitrogens with one attached hydrogen (secondary N) is 1. The van der Waals surface area contributed by atoms with Crippen molar-refractivity contribution < 1.29 is 4.79 Å². The molecule has 1 aliphatic rings. The van der Waals surface area contributed by atoms with Gasteiger partial charge in [0.25, 0.3) is 0 Å². The molecule has 162 valence electrons. The topological polar surface area (TPSA) is 75.9 Å². The van der Waals surface area contributed by atoms with Gasteiger partial charge in [-0.05, 0) is 39.4 Å². The predicted octanol–water partition coefficient (Wildman–Crippen LogP) is 3.46. The van der Waals surface area contributed by atoms with Gasteiger partial charge in [-0.2, -0.15) is 0 Å². The van der Waals surface area contributed by atoms with E-state index < -0.39 is 0 Å². The highest BCUT2D eigenvalue weighted by molar-refractivity contribution is 7.09. The summed E-state index contributed by atoms with van der Waals surface area (Å²) in [5, 5.41) is 17.0. The summed E-state index contributed by atoms with van der Waals surface area (Å²) in [6.07, 6.45) is 2.30. The van der Waals surface area contributed by atoms with Crippen LogP contribution in [0.5, 0.6) is 0 Å². The Bertz CT molecular complexity index is 1080. The van der Waals surface area contributed by atoms with Crippen LogP contribution in [-0.2, 0) is 11.3 Å². The van der Waals surface area contributed by atoms with Gasteiger partial charge in [-0.25, -0.2) is 4.68 Å². The van der Waals surface area contributed by atoms with Gasteiger partial charge in [0, 0.05) is 18.0 Å². The largest absolute Gasteiger partial charge is 0.344 e. The third-order valence-corrected chi connectivity index (χ3v) is 6.78. The van der Waals surface area contributed by atoms with Gasteiger partial charge in [-0.15, -0.1) is 16.4 Å². The van der Waals surface area contributed by atoms with Crippen LogP contribution < -0.4 is 5.32 Å². The first-order chi connectivity index (χ1) is 15.8. The minimum atomic E-state index is -0.263. The minimum Gasteiger partial charge on any atom is -0.344 e. The maximum Gasteiger partial charge on any atom is 0.238 e. The highest BCUT2D eigenvalue weighted by atomic mass is 32.1. The first kappa shape index (κ1) is 20.5. The van der Waals surface area contributed by atoms with Gasteiger partial charge in [-0.1, -0.05) is 66.7 Å². The second-order valence-corrected chi connectivity index (χ2v) is 9.00. The van der Waals surface area contributed by atoms with E-state index in [0.717, 1.165) is 24.2 Å². The molecule has 7 nitrogen and oxygen atoms in total. The molecular weight excluding hydrogens is 420 g/mol. The van der Waals surface area contributed by atoms with Crippen molar-refractivity contribution >= 4 is 17.2 Å². The van der Waals surface area contributed by atoms with Crippen LogP contribution in [0.4, 0.5) is 0 Å². The molecule has 8 heteroatoms. The van der Waals surface area contributed by atoms with Gasteiger partial charge in [-0.3, -0.25) is 9.69 Å². The van der Waals surface area contributed by atoms with Gasteiger partial charge >= 0.3 is 0 Å². The monoisotopic (exact) mass is 444 g/mol. The number of benzene rings is 2. The van der Waals surface area contributed by atoms with Crippen LogP contribution in [-0.4, -0.2) is 43.6 Å². The summed E-state index contributed by atoms with van der Waals surface area (Å²) in [7, 11) is 0. The summed E-state index contributed by atoms with van der Waals surface area (Å²) in [6, 6.07) is 24.0. The van der Waals surface area contributed by atoms with Crippen molar-refractivity contribution in [3.8, 4) is 0 Å². The number of hydrogen-bond acceptors (Lipinski definition) is 6. The van der Waals surface area contributed by atoms with E-state index >= 15 is 0 Å². The molecule has 1 aliphatic heterocycles. The van der Waals surface area contributed by atoms with Crippen molar-refractivity contribution in [1.82, 2.24) is 30.4 Å². The molecule has 0 radical (unpaired) electrons. The van der Waals surface area contributed by atoms with Crippen LogP contribution in [0.1, 0.15) is 34.5 Å². The normalized spacial score (nSPS) is 18.8. The number of carbonyl (C=O) groups is 1. The molecule has 1 amide bonds. The highest BCUT2D eigenvalue weighted by Crippen LogP contribution is 2.30. The Morgan fingerprint density at radius 3 is 2.34 bits per heavy atom. The van der Waals surface area contributed by atoms with Crippen LogP contribution in [0.3, 0.4) is 0 Å². The Hall–Kier alpha value is -3.36. The molecular formula is C24H24N6OS. The fourth-order valence-electron chi connectivity index (χ4n) is 4.35. The fraction of sp³-hybridized carbons (Fsp3) is 0.250. The van der Waals surface area contributed by atoms with Gasteiger partial charge in [0.15, 0.2) is 0 Å². The van der Waals surface area contributed by atoms with Gasteiger partial charge in [0.05, 0.1) is 18.1 Å². The molecule has 32 heavy (non-hydrogen) atoms. The Balaban J connectivity index is 1.40. The molecule has 0 aliphatic carbocycles. The third-order valence-electron chi connectivity index (χ3n) is 5.91. The summed E-state index contributed by atoms with van der Waals surface area (Å²) < 4.78 is 1.76. The van der Waals surface area contributed by atoms with E-state index in [0.29, 0.717) is 6.42 Å². The summed E-state index contributed by atoms with van der Waals surface area (Å²) in [5.41, 5.74) is 2.12. The molecule has 1 saturated heterocycles. The maximum atomic E-state index is 13.6. The number of tetrazole rings is 1. The zero-order valence-corrected chi connectivity index (χ0v) is 18.3. The summed E-state index contributed by atoms with van der Waals surface area (Å²) in [6.45, 7) is 1.46. The summed E-state index contributed by atoms with van der Waals surface area (Å²) >= 11 is 1.71. The number of nitrogens with zero attached hydrogens (tertiary/aromatic N) is 5. The van der Waals surface area contributed by atoms with E-state index in [4.69, 9.17) is 0 Å². The average Bonchev–Trinajstić information content (AvgIpc) is 3.61. The average molecular weight is 445 g/mol. The van der Waals surface area contributed by atoms with Crippen LogP contribution in [0.25, 0.3) is 0 Å². The van der Waals surface area contributed by atoms with Crippen molar-refractivity contribution in [1.29, 1.82) is 0 Å². The van der Waals surface area contributed by atoms with E-state index in [1.807, 2.05) is 42.5 Å². The zero-order chi connectivity index (χ0) is 21.8. The molecule has 1 N–H and O–H groups in total. The quantitative estimate of drug-likeness (QED) is 0.473. The maximum absolute atomic E-state index is 13.6. The molecule has 0 saturated carbocycles. The van der Waals surface area contributed by atoms with Crippen LogP contribution in [0.2, 0.25) is 0 Å². The molecule has 2 aromatic carbocycles. The molecule has 5 rings (SSSR count). The number of carbonyl (C=O) groups excluding carboxylic acids is 1. The molecule has 0 unspecified atom stereocenters. The van der Waals surface area contributed by atoms with Crippen molar-refractivity contribution in [2.45, 2.75) is 31.1 Å². The second-order valence-electron chi connectivity index (χ2n) is 7.97. The summed E-state index contributed by atoms with van der Waals surface area (Å²) in [4.78, 5) is 17.1. The first-order valence-corrected chi connectivity index (χ1v) is 11.5. The smallest absolute Gasteiger partial charge is 0.238 e. The van der Waals surface area contributed by atoms with E-state index in [1.165, 1.54) is 4.88 Å². The van der Waals surface area contributed by atoms with Crippen LogP contribution in [0, 0.1) is 0 Å². The lowest BCUT2D eigenvalue weighted by Gasteiger charge is -2.26. The van der Waals surface area contributed by atoms with Crippen molar-refractivity contribution in [3.05, 3.63) is 101 Å². The van der Waals surface area contributed by atoms with E-state index in [-0.39, 0.29) is 24.0 Å². The molecule has 2 aromatic heterocycles. The highest BCUT2D eigenvalue weighted by Gasteiger charge is 2.39. The zero-order valence-electron chi connectivity index (χ0n) is 17.5. The van der Waals surface area contributed by atoms with E-state index in [9.17, 15) is 4.79 Å². The Kier molecular flexibility index (Phi) is 6.04. The van der Waals surface area contributed by atoms with Crippen molar-refractivity contribution in [2.75, 3.05) is 6.54 Å². The number of likely N-dealkylation sites (tertiary alicyclic amines) is 1. The SMILES string of the molecule is O=C(NC(c1ccccc1)c1ccccc1)[C@@H]1C[C@@H](n2cnnn2)CN1Cc1cccs1. The number of rotatable bonds is 7. The van der Waals surface area contributed by atoms with E-state index in [1.54, 1.807) is 22.3 Å². The number of thiophene rings is 1. The molecule has 3 heterocycles. The predicted molar refractivity (Wildman–Crippen MR) is 123 cm³/mol. The minimum absolute atomic E-state index is 0.0230. The lowest BCUT2D eigenvalue weighted by atomic mass is 9.98. The number of hydrogen-bond donors (Lipinski definition) is 1. The Morgan fingerprint density at radius 1 is 1.03 bits per heavy atom. The first-order valence-electron chi connectivity index (χ1n) is 10.7. The Labute approximate surface area is 190 Å². The number of aromatic nitrogens is 4. The second kappa shape index (κ2) is 9.42. The van der Waals surface area contributed by atoms with Crippen LogP contribution in [0.15, 0.2) is 84.5 Å². The molecule has 1 fully saturated rings. The fourth-order valence-corrected chi connectivity index (χ4v) is 5.07. The lowest BCUT2D eigenvalue weighted by molar-refractivity contribution is -0.126. The van der Waals surface area contributed by atoms with Crippen molar-refractivity contribution in [2.24, 2.45) is 0 Å². The summed E-state index contributed by atoms with van der Waals surface area (Å²) in [5.74, 6) is 0.0230. The molecule has 4 aromatic rings. The van der Waals surface area contributed by atoms with Gasteiger partial charge in [0.2, 0.25) is 5.91 Å².